The van der Waals surface area contributed by atoms with Crippen LogP contribution in [0.15, 0.2) is 6.07 Å². The van der Waals surface area contributed by atoms with E-state index in [9.17, 15) is 0 Å². The third kappa shape index (κ3) is 2.28. The zero-order valence-corrected chi connectivity index (χ0v) is 11.5. The van der Waals surface area contributed by atoms with Gasteiger partial charge in [-0.2, -0.15) is 0 Å². The molecule has 0 aliphatic heterocycles. The van der Waals surface area contributed by atoms with E-state index in [0.29, 0.717) is 0 Å². The third-order valence-electron chi connectivity index (χ3n) is 2.31. The van der Waals surface area contributed by atoms with Gasteiger partial charge in [0.15, 0.2) is 0 Å². The first-order valence-corrected chi connectivity index (χ1v) is 5.88. The van der Waals surface area contributed by atoms with Crippen molar-refractivity contribution in [2.75, 3.05) is 19.0 Å². The van der Waals surface area contributed by atoms with E-state index in [1.54, 1.807) is 11.3 Å². The molecule has 88 valence electrons. The van der Waals surface area contributed by atoms with E-state index in [-0.39, 0.29) is 12.4 Å². The fourth-order valence-corrected chi connectivity index (χ4v) is 2.58. The Morgan fingerprint density at radius 2 is 2.00 bits per heavy atom. The quantitative estimate of drug-likeness (QED) is 0.735. The van der Waals surface area contributed by atoms with Crippen molar-refractivity contribution >= 4 is 27.4 Å². The number of aromatic nitrogens is 2. The normalized spacial score (nSPS) is 10.2. The molecule has 2 aromatic heterocycles. The van der Waals surface area contributed by atoms with Crippen LogP contribution in [0.1, 0.15) is 17.6 Å². The fraction of sp³-hybridized carbons (Fsp3) is 0.455. The Labute approximate surface area is 106 Å². The highest BCUT2D eigenvalue weighted by atomic mass is 35.5. The number of fused-ring (bicyclic) bond motifs is 1. The smallest absolute Gasteiger partial charge is 0.140 e. The molecule has 0 aliphatic carbocycles. The van der Waals surface area contributed by atoms with E-state index in [4.69, 9.17) is 0 Å². The second-order valence-corrected chi connectivity index (χ2v) is 4.89. The van der Waals surface area contributed by atoms with Crippen LogP contribution < -0.4 is 17.3 Å². The maximum Gasteiger partial charge on any atom is 0.140 e. The van der Waals surface area contributed by atoms with Crippen LogP contribution in [0.4, 0.5) is 5.82 Å². The van der Waals surface area contributed by atoms with Gasteiger partial charge in [-0.15, -0.1) is 11.3 Å². The van der Waals surface area contributed by atoms with Crippen molar-refractivity contribution in [1.29, 1.82) is 0 Å². The van der Waals surface area contributed by atoms with Gasteiger partial charge in [0.25, 0.3) is 0 Å². The van der Waals surface area contributed by atoms with E-state index in [0.717, 1.165) is 22.9 Å². The number of nitrogens with zero attached hydrogens (tertiary/aromatic N) is 3. The minimum atomic E-state index is 0. The summed E-state index contributed by atoms with van der Waals surface area (Å²) in [6, 6.07) is 2.20. The number of hydrogen-bond acceptors (Lipinski definition) is 4. The molecule has 0 aromatic carbocycles. The van der Waals surface area contributed by atoms with Gasteiger partial charge >= 0.3 is 0 Å². The van der Waals surface area contributed by atoms with Crippen molar-refractivity contribution in [3.05, 3.63) is 16.8 Å². The summed E-state index contributed by atoms with van der Waals surface area (Å²) >= 11 is 1.77. The SMILES string of the molecule is CCc1cc2c(N(C)C)nc(C)nc2s1.[Cl-]. The first-order chi connectivity index (χ1) is 7.11. The van der Waals surface area contributed by atoms with Crippen LogP contribution >= 0.6 is 11.3 Å². The first kappa shape index (κ1) is 13.2. The van der Waals surface area contributed by atoms with Crippen molar-refractivity contribution in [2.45, 2.75) is 20.3 Å². The molecule has 0 saturated heterocycles. The molecule has 0 unspecified atom stereocenters. The molecule has 0 saturated carbocycles. The van der Waals surface area contributed by atoms with E-state index in [1.807, 2.05) is 25.9 Å². The fourth-order valence-electron chi connectivity index (χ4n) is 1.58. The van der Waals surface area contributed by atoms with Gasteiger partial charge in [0.2, 0.25) is 0 Å². The summed E-state index contributed by atoms with van der Waals surface area (Å²) in [5.41, 5.74) is 0. The highest BCUT2D eigenvalue weighted by Gasteiger charge is 2.10. The maximum atomic E-state index is 4.47. The lowest BCUT2D eigenvalue weighted by Crippen LogP contribution is -3.00. The molecule has 5 heteroatoms. The molecule has 3 nitrogen and oxygen atoms in total. The van der Waals surface area contributed by atoms with Gasteiger partial charge in [-0.25, -0.2) is 9.97 Å². The molecule has 0 bridgehead atoms. The van der Waals surface area contributed by atoms with Gasteiger partial charge in [0.1, 0.15) is 16.5 Å². The van der Waals surface area contributed by atoms with Crippen molar-refractivity contribution in [2.24, 2.45) is 0 Å². The monoisotopic (exact) mass is 256 g/mol. The highest BCUT2D eigenvalue weighted by molar-refractivity contribution is 7.18. The standard InChI is InChI=1S/C11H15N3S.ClH/c1-5-8-6-9-10(14(3)4)12-7(2)13-11(9)15-8;/h6H,5H2,1-4H3;1H/p-1. The average Bonchev–Trinajstić information content (AvgIpc) is 2.58. The topological polar surface area (TPSA) is 29.0 Å². The minimum absolute atomic E-state index is 0. The maximum absolute atomic E-state index is 4.47. The van der Waals surface area contributed by atoms with Crippen molar-refractivity contribution < 1.29 is 12.4 Å². The van der Waals surface area contributed by atoms with Crippen molar-refractivity contribution in [1.82, 2.24) is 9.97 Å². The van der Waals surface area contributed by atoms with Crippen molar-refractivity contribution in [3.63, 3.8) is 0 Å². The van der Waals surface area contributed by atoms with E-state index in [1.165, 1.54) is 10.3 Å². The summed E-state index contributed by atoms with van der Waals surface area (Å²) < 4.78 is 0. The largest absolute Gasteiger partial charge is 1.00 e. The molecule has 16 heavy (non-hydrogen) atoms. The van der Waals surface area contributed by atoms with Crippen LogP contribution in [0.2, 0.25) is 0 Å². The lowest BCUT2D eigenvalue weighted by Gasteiger charge is -2.12. The van der Waals surface area contributed by atoms with E-state index < -0.39 is 0 Å². The Balaban J connectivity index is 0.00000128. The van der Waals surface area contributed by atoms with Gasteiger partial charge in [-0.3, -0.25) is 0 Å². The predicted octanol–water partition coefficient (Wildman–Crippen LogP) is -0.368. The summed E-state index contributed by atoms with van der Waals surface area (Å²) in [7, 11) is 4.04. The molecule has 0 spiro atoms. The molecular formula is C11H15ClN3S-. The lowest BCUT2D eigenvalue weighted by atomic mass is 10.3. The zero-order chi connectivity index (χ0) is 11.0. The molecule has 0 amide bonds. The number of anilines is 1. The lowest BCUT2D eigenvalue weighted by molar-refractivity contribution is -0.00000336. The zero-order valence-electron chi connectivity index (χ0n) is 9.91. The van der Waals surface area contributed by atoms with E-state index in [2.05, 4.69) is 23.0 Å². The second-order valence-electron chi connectivity index (χ2n) is 3.77. The number of hydrogen-bond donors (Lipinski definition) is 0. The Morgan fingerprint density at radius 3 is 2.56 bits per heavy atom. The van der Waals surface area contributed by atoms with Crippen LogP contribution in [-0.2, 0) is 6.42 Å². The molecule has 0 aliphatic rings. The molecule has 0 N–H and O–H groups in total. The molecule has 0 fully saturated rings. The Morgan fingerprint density at radius 1 is 1.31 bits per heavy atom. The number of thiophene rings is 1. The van der Waals surface area contributed by atoms with Crippen molar-refractivity contribution in [3.8, 4) is 0 Å². The van der Waals surface area contributed by atoms with Crippen LogP contribution in [0.3, 0.4) is 0 Å². The van der Waals surface area contributed by atoms with E-state index >= 15 is 0 Å². The van der Waals surface area contributed by atoms with Gasteiger partial charge in [0, 0.05) is 19.0 Å². The Hall–Kier alpha value is -0.870. The molecule has 2 aromatic rings. The molecule has 2 heterocycles. The van der Waals surface area contributed by atoms with Crippen LogP contribution in [0.5, 0.6) is 0 Å². The molecular weight excluding hydrogens is 242 g/mol. The predicted molar refractivity (Wildman–Crippen MR) is 65.9 cm³/mol. The number of aryl methyl sites for hydroxylation is 2. The Bertz CT molecular complexity index is 493. The highest BCUT2D eigenvalue weighted by Crippen LogP contribution is 2.30. The number of rotatable bonds is 2. The van der Waals surface area contributed by atoms with Crippen LogP contribution in [-0.4, -0.2) is 24.1 Å². The summed E-state index contributed by atoms with van der Waals surface area (Å²) in [6.07, 6.45) is 1.06. The second kappa shape index (κ2) is 4.97. The van der Waals surface area contributed by atoms with Gasteiger partial charge < -0.3 is 17.3 Å². The molecule has 0 atom stereocenters. The van der Waals surface area contributed by atoms with Gasteiger partial charge in [-0.1, -0.05) is 6.92 Å². The van der Waals surface area contributed by atoms with Gasteiger partial charge in [-0.05, 0) is 19.4 Å². The van der Waals surface area contributed by atoms with Crippen LogP contribution in [0, 0.1) is 6.92 Å². The summed E-state index contributed by atoms with van der Waals surface area (Å²) in [4.78, 5) is 13.5. The Kier molecular flexibility index (Phi) is 4.10. The minimum Gasteiger partial charge on any atom is -1.00 e. The summed E-state index contributed by atoms with van der Waals surface area (Å²) in [5.74, 6) is 1.86. The molecule has 0 radical (unpaired) electrons. The van der Waals surface area contributed by atoms with Gasteiger partial charge in [0.05, 0.1) is 5.39 Å². The summed E-state index contributed by atoms with van der Waals surface area (Å²) in [5, 5.41) is 1.17. The van der Waals surface area contributed by atoms with Crippen LogP contribution in [0.25, 0.3) is 10.2 Å². The number of halogens is 1. The first-order valence-electron chi connectivity index (χ1n) is 5.06. The summed E-state index contributed by atoms with van der Waals surface area (Å²) in [6.45, 7) is 4.11. The third-order valence-corrected chi connectivity index (χ3v) is 3.48. The average molecular weight is 257 g/mol. The molecule has 2 rings (SSSR count).